The number of hydrogen-bond acceptors (Lipinski definition) is 13. The highest BCUT2D eigenvalue weighted by molar-refractivity contribution is 7.47. The van der Waals surface area contributed by atoms with Gasteiger partial charge >= 0.3 is 19.8 Å². The van der Waals surface area contributed by atoms with Crippen LogP contribution in [-0.4, -0.2) is 110 Å². The molecule has 15 heteroatoms. The summed E-state index contributed by atoms with van der Waals surface area (Å²) < 4.78 is 33.5. The first-order chi connectivity index (χ1) is 32.3. The molecule has 0 aromatic carbocycles. The maximum atomic E-state index is 12.8. The molecule has 7 N–H and O–H groups in total. The van der Waals surface area contributed by atoms with Crippen LogP contribution in [0, 0.1) is 0 Å². The summed E-state index contributed by atoms with van der Waals surface area (Å²) in [5.41, 5.74) is 0. The molecule has 0 heterocycles. The van der Waals surface area contributed by atoms with E-state index >= 15 is 0 Å². The van der Waals surface area contributed by atoms with E-state index in [1.807, 2.05) is 12.2 Å². The lowest BCUT2D eigenvalue weighted by atomic mass is 9.85. The number of esters is 2. The predicted octanol–water partition coefficient (Wildman–Crippen LogP) is 9.64. The molecule has 0 amide bonds. The number of carbonyl (C=O) groups excluding carboxylic acids is 2. The number of aliphatic hydroxyl groups excluding tert-OH is 6. The fraction of sp³-hybridized carbons (Fsp3) is 0.731. The van der Waals surface area contributed by atoms with E-state index in [2.05, 4.69) is 62.5 Å². The molecule has 1 rings (SSSR count). The molecule has 0 bridgehead atoms. The molecule has 1 aliphatic carbocycles. The minimum Gasteiger partial charge on any atom is -0.462 e. The second kappa shape index (κ2) is 41.1. The molecular formula is C52H89O14P. The van der Waals surface area contributed by atoms with Crippen LogP contribution in [0.5, 0.6) is 0 Å². The minimum atomic E-state index is -5.17. The maximum Gasteiger partial charge on any atom is 0.472 e. The summed E-state index contributed by atoms with van der Waals surface area (Å²) in [5.74, 6) is -1.31. The third kappa shape index (κ3) is 33.4. The standard InChI is InChI=1S/C52H89O14P/c1-3-5-7-9-11-13-15-17-18-19-20-21-22-23-25-27-29-31-33-35-39-46(55)65-44(42-64-67(61,62)66-52-50(59)48(57)47(56)49(58)51(52)60)41-63-45(54)40-36-38-43(53)37-34-32-30-28-26-24-16-14-12-10-8-6-4-2/h13,15,18-19,21-22,24,26,30,32,34,37,43-44,47-53,56-60H,3-12,14,16-17,20,23,25,27-29,31,33,35-36,38-42H2,1-2H3,(H,61,62)/b15-13-,19-18-,22-21-,26-24+,32-30+,37-34+/t43?,44-,47?,48-,49+,50-,51-,52?/m1/s1. The first-order valence-corrected chi connectivity index (χ1v) is 26.8. The zero-order valence-electron chi connectivity index (χ0n) is 40.8. The molecule has 0 spiro atoms. The van der Waals surface area contributed by atoms with Gasteiger partial charge in [-0.1, -0.05) is 164 Å². The van der Waals surface area contributed by atoms with E-state index in [1.165, 1.54) is 64.2 Å². The average Bonchev–Trinajstić information content (AvgIpc) is 3.30. The summed E-state index contributed by atoms with van der Waals surface area (Å²) in [6.07, 6.45) is 35.3. The van der Waals surface area contributed by atoms with E-state index in [0.717, 1.165) is 70.6 Å². The van der Waals surface area contributed by atoms with Crippen molar-refractivity contribution in [3.8, 4) is 0 Å². The molecule has 0 radical (unpaired) electrons. The van der Waals surface area contributed by atoms with Gasteiger partial charge in [0.1, 0.15) is 43.2 Å². The van der Waals surface area contributed by atoms with Gasteiger partial charge in [-0.15, -0.1) is 0 Å². The molecule has 0 aliphatic heterocycles. The van der Waals surface area contributed by atoms with Gasteiger partial charge in [0.2, 0.25) is 0 Å². The molecule has 0 aromatic heterocycles. The highest BCUT2D eigenvalue weighted by atomic mass is 31.2. The van der Waals surface area contributed by atoms with E-state index < -0.39 is 81.8 Å². The fourth-order valence-corrected chi connectivity index (χ4v) is 8.22. The van der Waals surface area contributed by atoms with E-state index in [-0.39, 0.29) is 19.3 Å². The van der Waals surface area contributed by atoms with Gasteiger partial charge in [0, 0.05) is 12.8 Å². The highest BCUT2D eigenvalue weighted by Gasteiger charge is 2.51. The molecule has 1 saturated carbocycles. The Bertz CT molecular complexity index is 1460. The zero-order valence-corrected chi connectivity index (χ0v) is 41.7. The second-order valence-corrected chi connectivity index (χ2v) is 18.9. The van der Waals surface area contributed by atoms with Gasteiger partial charge < -0.3 is 45.0 Å². The Morgan fingerprint density at radius 2 is 0.985 bits per heavy atom. The van der Waals surface area contributed by atoms with Crippen molar-refractivity contribution in [2.24, 2.45) is 0 Å². The van der Waals surface area contributed by atoms with Crippen molar-refractivity contribution in [3.63, 3.8) is 0 Å². The lowest BCUT2D eigenvalue weighted by Crippen LogP contribution is -2.64. The molecule has 67 heavy (non-hydrogen) atoms. The second-order valence-electron chi connectivity index (χ2n) is 17.5. The van der Waals surface area contributed by atoms with Crippen molar-refractivity contribution < 1.29 is 68.2 Å². The highest BCUT2D eigenvalue weighted by Crippen LogP contribution is 2.47. The number of aliphatic hydroxyl groups is 6. The number of phosphoric ester groups is 1. The first kappa shape index (κ1) is 62.3. The number of unbranched alkanes of at least 4 members (excludes halogenated alkanes) is 16. The molecule has 4 unspecified atom stereocenters. The van der Waals surface area contributed by atoms with Crippen LogP contribution in [0.3, 0.4) is 0 Å². The lowest BCUT2D eigenvalue weighted by Gasteiger charge is -2.41. The summed E-state index contributed by atoms with van der Waals surface area (Å²) in [5, 5.41) is 60.6. The Kier molecular flexibility index (Phi) is 38.2. The quantitative estimate of drug-likeness (QED) is 0.00995. The Hall–Kier alpha value is -2.75. The summed E-state index contributed by atoms with van der Waals surface area (Å²) in [4.78, 5) is 35.8. The van der Waals surface area contributed by atoms with Crippen molar-refractivity contribution in [2.75, 3.05) is 13.2 Å². The van der Waals surface area contributed by atoms with Crippen molar-refractivity contribution in [1.82, 2.24) is 0 Å². The monoisotopic (exact) mass is 969 g/mol. The largest absolute Gasteiger partial charge is 0.472 e. The van der Waals surface area contributed by atoms with Crippen molar-refractivity contribution in [2.45, 2.75) is 230 Å². The summed E-state index contributed by atoms with van der Waals surface area (Å²) >= 11 is 0. The van der Waals surface area contributed by atoms with Crippen LogP contribution in [-0.2, 0) is 32.7 Å². The minimum absolute atomic E-state index is 0.0395. The number of ether oxygens (including phenoxy) is 2. The predicted molar refractivity (Wildman–Crippen MR) is 264 cm³/mol. The van der Waals surface area contributed by atoms with Crippen LogP contribution in [0.4, 0.5) is 0 Å². The molecule has 0 aromatic rings. The normalized spacial score (nSPS) is 22.2. The summed E-state index contributed by atoms with van der Waals surface area (Å²) in [7, 11) is -5.17. The number of carbonyl (C=O) groups is 2. The van der Waals surface area contributed by atoms with E-state index in [4.69, 9.17) is 18.5 Å². The SMILES string of the molecule is CCCCCC/C=C\C/C=C\C/C=C\CCCCCCCCC(=O)O[C@H](COC(=O)CCCC(O)/C=C/C=C/C/C=C/CCCCCCCC)COP(=O)(O)OC1[C@H](O)[C@H](O)C(O)[C@H](O)[C@H]1O. The lowest BCUT2D eigenvalue weighted by molar-refractivity contribution is -0.220. The third-order valence-corrected chi connectivity index (χ3v) is 12.4. The first-order valence-electron chi connectivity index (χ1n) is 25.3. The summed E-state index contributed by atoms with van der Waals surface area (Å²) in [6.45, 7) is 3.11. The van der Waals surface area contributed by atoms with Gasteiger partial charge in [-0.2, -0.15) is 0 Å². The number of allylic oxidation sites excluding steroid dienone is 11. The number of hydrogen-bond donors (Lipinski definition) is 7. The van der Waals surface area contributed by atoms with Crippen LogP contribution in [0.2, 0.25) is 0 Å². The number of rotatable bonds is 41. The van der Waals surface area contributed by atoms with E-state index in [1.54, 1.807) is 12.2 Å². The van der Waals surface area contributed by atoms with Gasteiger partial charge in [0.15, 0.2) is 6.10 Å². The fourth-order valence-electron chi connectivity index (χ4n) is 7.24. The van der Waals surface area contributed by atoms with Crippen molar-refractivity contribution in [3.05, 3.63) is 72.9 Å². The molecule has 386 valence electrons. The van der Waals surface area contributed by atoms with Gasteiger partial charge in [-0.25, -0.2) is 4.57 Å². The Morgan fingerprint density at radius 3 is 1.54 bits per heavy atom. The third-order valence-electron chi connectivity index (χ3n) is 11.4. The molecule has 9 atom stereocenters. The van der Waals surface area contributed by atoms with Gasteiger partial charge in [-0.3, -0.25) is 18.6 Å². The zero-order chi connectivity index (χ0) is 49.4. The van der Waals surface area contributed by atoms with Crippen LogP contribution in [0.15, 0.2) is 72.9 Å². The van der Waals surface area contributed by atoms with Crippen molar-refractivity contribution >= 4 is 19.8 Å². The Balaban J connectivity index is 2.51. The van der Waals surface area contributed by atoms with E-state index in [0.29, 0.717) is 12.8 Å². The Labute approximate surface area is 402 Å². The maximum absolute atomic E-state index is 12.8. The van der Waals surface area contributed by atoms with Gasteiger partial charge in [-0.05, 0) is 77.0 Å². The van der Waals surface area contributed by atoms with E-state index in [9.17, 15) is 49.7 Å². The molecule has 1 aliphatic rings. The average molecular weight is 969 g/mol. The van der Waals surface area contributed by atoms with Crippen LogP contribution >= 0.6 is 7.82 Å². The number of phosphoric acid groups is 1. The van der Waals surface area contributed by atoms with Crippen molar-refractivity contribution in [1.29, 1.82) is 0 Å². The summed E-state index contributed by atoms with van der Waals surface area (Å²) in [6, 6.07) is 0. The van der Waals surface area contributed by atoms with Gasteiger partial charge in [0.25, 0.3) is 0 Å². The van der Waals surface area contributed by atoms with Gasteiger partial charge in [0.05, 0.1) is 12.7 Å². The van der Waals surface area contributed by atoms with Crippen LogP contribution < -0.4 is 0 Å². The molecule has 14 nitrogen and oxygen atoms in total. The molecular weight excluding hydrogens is 880 g/mol. The van der Waals surface area contributed by atoms with Crippen LogP contribution in [0.1, 0.15) is 181 Å². The molecule has 0 saturated heterocycles. The molecule has 1 fully saturated rings. The smallest absolute Gasteiger partial charge is 0.462 e. The van der Waals surface area contributed by atoms with Crippen LogP contribution in [0.25, 0.3) is 0 Å². The topological polar surface area (TPSA) is 230 Å². The Morgan fingerprint density at radius 1 is 0.537 bits per heavy atom.